The lowest BCUT2D eigenvalue weighted by atomic mass is 9.98. The van der Waals surface area contributed by atoms with Gasteiger partial charge >= 0.3 is 0 Å². The third-order valence-corrected chi connectivity index (χ3v) is 4.82. The molecule has 1 fully saturated rings. The van der Waals surface area contributed by atoms with Crippen molar-refractivity contribution in [3.8, 4) is 0 Å². The molecule has 0 radical (unpaired) electrons. The van der Waals surface area contributed by atoms with Crippen LogP contribution in [-0.4, -0.2) is 30.4 Å². The second-order valence-electron chi connectivity index (χ2n) is 6.10. The van der Waals surface area contributed by atoms with Crippen LogP contribution in [0.5, 0.6) is 0 Å². The number of pyridine rings is 1. The lowest BCUT2D eigenvalue weighted by Gasteiger charge is -2.30. The van der Waals surface area contributed by atoms with Crippen molar-refractivity contribution in [1.29, 1.82) is 0 Å². The average Bonchev–Trinajstić information content (AvgIpc) is 2.54. The van der Waals surface area contributed by atoms with Crippen LogP contribution in [0, 0.1) is 5.92 Å². The van der Waals surface area contributed by atoms with E-state index in [1.807, 2.05) is 18.2 Å². The molecule has 3 N–H and O–H groups in total. The smallest absolute Gasteiger partial charge is 0.163 e. The number of piperidine rings is 1. The van der Waals surface area contributed by atoms with Crippen molar-refractivity contribution in [2.45, 2.75) is 19.8 Å². The summed E-state index contributed by atoms with van der Waals surface area (Å²) in [7, 11) is 0. The number of anilines is 1. The molecular formula is C17H21BrN4O. The zero-order chi connectivity index (χ0) is 16.4. The summed E-state index contributed by atoms with van der Waals surface area (Å²) in [5.74, 6) is 6.86. The van der Waals surface area contributed by atoms with Gasteiger partial charge in [0.25, 0.3) is 0 Å². The molecule has 0 amide bonds. The van der Waals surface area contributed by atoms with Gasteiger partial charge in [0.1, 0.15) is 0 Å². The number of nitrogens with two attached hydrogens (primary N) is 1. The number of nitrogens with zero attached hydrogens (tertiary/aromatic N) is 2. The first-order chi connectivity index (χ1) is 11.1. The quantitative estimate of drug-likeness (QED) is 0.487. The molecule has 2 aromatic rings. The third-order valence-electron chi connectivity index (χ3n) is 4.32. The fourth-order valence-corrected chi connectivity index (χ4v) is 3.53. The summed E-state index contributed by atoms with van der Waals surface area (Å²) in [6, 6.07) is 5.85. The fourth-order valence-electron chi connectivity index (χ4n) is 3.17. The second kappa shape index (κ2) is 6.95. The zero-order valence-corrected chi connectivity index (χ0v) is 14.8. The maximum absolute atomic E-state index is 12.0. The van der Waals surface area contributed by atoms with Crippen LogP contribution in [0.25, 0.3) is 10.9 Å². The molecule has 0 aliphatic carbocycles. The van der Waals surface area contributed by atoms with E-state index in [1.165, 1.54) is 6.42 Å². The lowest BCUT2D eigenvalue weighted by molar-refractivity contribution is 0.101. The molecule has 1 aromatic carbocycles. The molecule has 1 saturated heterocycles. The Morgan fingerprint density at radius 2 is 2.35 bits per heavy atom. The number of hydrogen-bond acceptors (Lipinski definition) is 5. The number of halogens is 1. The van der Waals surface area contributed by atoms with E-state index in [2.05, 4.69) is 26.2 Å². The Kier molecular flexibility index (Phi) is 4.94. The summed E-state index contributed by atoms with van der Waals surface area (Å²) in [6.07, 6.45) is 3.95. The number of fused-ring (bicyclic) bond motifs is 1. The van der Waals surface area contributed by atoms with Crippen molar-refractivity contribution in [3.05, 3.63) is 34.4 Å². The normalized spacial score (nSPS) is 18.1. The van der Waals surface area contributed by atoms with E-state index < -0.39 is 0 Å². The first-order valence-electron chi connectivity index (χ1n) is 7.88. The van der Waals surface area contributed by atoms with Gasteiger partial charge in [0.15, 0.2) is 5.78 Å². The van der Waals surface area contributed by atoms with E-state index in [4.69, 9.17) is 5.84 Å². The number of ketones is 1. The Morgan fingerprint density at radius 3 is 3.04 bits per heavy atom. The molecule has 1 aliphatic heterocycles. The Labute approximate surface area is 144 Å². The van der Waals surface area contributed by atoms with Crippen LogP contribution in [0.3, 0.4) is 0 Å². The summed E-state index contributed by atoms with van der Waals surface area (Å²) in [5, 5.41) is 6.03. The lowest BCUT2D eigenvalue weighted by Crippen LogP contribution is -2.42. The number of Topliss-reactive ketones (excluding diaryl/α,β-unsaturated/α-hetero) is 1. The molecular weight excluding hydrogens is 356 g/mol. The van der Waals surface area contributed by atoms with Crippen LogP contribution in [-0.2, 0) is 0 Å². The molecule has 23 heavy (non-hydrogen) atoms. The highest BCUT2D eigenvalue weighted by Gasteiger charge is 2.21. The Bertz CT molecular complexity index is 728. The van der Waals surface area contributed by atoms with Crippen LogP contribution >= 0.6 is 15.9 Å². The largest absolute Gasteiger partial charge is 0.316 e. The number of aromatic nitrogens is 1. The van der Waals surface area contributed by atoms with Gasteiger partial charge in [0.05, 0.1) is 16.8 Å². The number of rotatable bonds is 4. The first-order valence-corrected chi connectivity index (χ1v) is 8.67. The maximum Gasteiger partial charge on any atom is 0.163 e. The van der Waals surface area contributed by atoms with Gasteiger partial charge in [-0.1, -0.05) is 15.9 Å². The summed E-state index contributed by atoms with van der Waals surface area (Å²) < 4.78 is 0.946. The fraction of sp³-hybridized carbons (Fsp3) is 0.412. The van der Waals surface area contributed by atoms with E-state index in [0.717, 1.165) is 47.1 Å². The zero-order valence-electron chi connectivity index (χ0n) is 13.2. The number of carbonyl (C=O) groups excluding carboxylic acids is 1. The third kappa shape index (κ3) is 3.54. The molecule has 1 aliphatic rings. The van der Waals surface area contributed by atoms with E-state index >= 15 is 0 Å². The van der Waals surface area contributed by atoms with E-state index in [1.54, 1.807) is 18.1 Å². The van der Waals surface area contributed by atoms with Crippen molar-refractivity contribution >= 4 is 38.3 Å². The molecule has 122 valence electrons. The molecule has 0 spiro atoms. The van der Waals surface area contributed by atoms with Crippen molar-refractivity contribution < 1.29 is 4.79 Å². The van der Waals surface area contributed by atoms with Crippen LogP contribution in [0.15, 0.2) is 28.9 Å². The van der Waals surface area contributed by atoms with Gasteiger partial charge < -0.3 is 10.3 Å². The number of nitrogens with one attached hydrogen (secondary N) is 1. The van der Waals surface area contributed by atoms with E-state index in [0.29, 0.717) is 11.5 Å². The molecule has 5 nitrogen and oxygen atoms in total. The highest BCUT2D eigenvalue weighted by molar-refractivity contribution is 9.10. The molecule has 1 atom stereocenters. The standard InChI is InChI=1S/C17H21BrN4O/c1-11(23)15-9-21-16-5-4-13(18)7-14(16)17(15)22(19)10-12-3-2-6-20-8-12/h4-5,7,9,12,20H,2-3,6,8,10,19H2,1H3. The van der Waals surface area contributed by atoms with Crippen LogP contribution in [0.4, 0.5) is 5.69 Å². The summed E-state index contributed by atoms with van der Waals surface area (Å²) in [4.78, 5) is 16.4. The first kappa shape index (κ1) is 16.4. The van der Waals surface area contributed by atoms with Gasteiger partial charge in [-0.25, -0.2) is 5.84 Å². The second-order valence-corrected chi connectivity index (χ2v) is 7.02. The monoisotopic (exact) mass is 376 g/mol. The van der Waals surface area contributed by atoms with Crippen molar-refractivity contribution in [2.75, 3.05) is 24.6 Å². The minimum Gasteiger partial charge on any atom is -0.316 e. The van der Waals surface area contributed by atoms with Gasteiger partial charge in [0, 0.05) is 22.6 Å². The predicted octanol–water partition coefficient (Wildman–Crippen LogP) is 2.88. The van der Waals surface area contributed by atoms with Gasteiger partial charge in [-0.2, -0.15) is 0 Å². The molecule has 6 heteroatoms. The van der Waals surface area contributed by atoms with Gasteiger partial charge in [-0.15, -0.1) is 0 Å². The molecule has 0 saturated carbocycles. The SMILES string of the molecule is CC(=O)c1cnc2ccc(Br)cc2c1N(N)CC1CCCNC1. The topological polar surface area (TPSA) is 71.2 Å². The number of hydrogen-bond donors (Lipinski definition) is 2. The van der Waals surface area contributed by atoms with Crippen LogP contribution in [0.2, 0.25) is 0 Å². The van der Waals surface area contributed by atoms with Crippen molar-refractivity contribution in [2.24, 2.45) is 11.8 Å². The maximum atomic E-state index is 12.0. The van der Waals surface area contributed by atoms with Crippen LogP contribution < -0.4 is 16.2 Å². The van der Waals surface area contributed by atoms with E-state index in [-0.39, 0.29) is 5.78 Å². The Balaban J connectivity index is 2.03. The number of hydrazine groups is 1. The molecule has 1 aromatic heterocycles. The highest BCUT2D eigenvalue weighted by Crippen LogP contribution is 2.31. The van der Waals surface area contributed by atoms with Gasteiger partial charge in [-0.3, -0.25) is 9.78 Å². The summed E-state index contributed by atoms with van der Waals surface area (Å²) in [6.45, 7) is 4.32. The summed E-state index contributed by atoms with van der Waals surface area (Å²) in [5.41, 5.74) is 2.18. The number of carbonyl (C=O) groups is 1. The molecule has 2 heterocycles. The average molecular weight is 377 g/mol. The minimum absolute atomic E-state index is 0.0217. The minimum atomic E-state index is -0.0217. The van der Waals surface area contributed by atoms with E-state index in [9.17, 15) is 4.79 Å². The predicted molar refractivity (Wildman–Crippen MR) is 96.6 cm³/mol. The summed E-state index contributed by atoms with van der Waals surface area (Å²) >= 11 is 3.49. The molecule has 0 bridgehead atoms. The number of benzene rings is 1. The molecule has 3 rings (SSSR count). The van der Waals surface area contributed by atoms with Crippen molar-refractivity contribution in [3.63, 3.8) is 0 Å². The molecule has 1 unspecified atom stereocenters. The van der Waals surface area contributed by atoms with Crippen LogP contribution in [0.1, 0.15) is 30.1 Å². The highest BCUT2D eigenvalue weighted by atomic mass is 79.9. The Morgan fingerprint density at radius 1 is 1.52 bits per heavy atom. The van der Waals surface area contributed by atoms with Gasteiger partial charge in [0.2, 0.25) is 0 Å². The van der Waals surface area contributed by atoms with Crippen molar-refractivity contribution in [1.82, 2.24) is 10.3 Å². The Hall–Kier alpha value is -1.50. The van der Waals surface area contributed by atoms with Gasteiger partial charge in [-0.05, 0) is 57.0 Å².